The van der Waals surface area contributed by atoms with Crippen LogP contribution in [0.15, 0.2) is 48.5 Å². The van der Waals surface area contributed by atoms with Gasteiger partial charge in [0, 0.05) is 6.54 Å². The van der Waals surface area contributed by atoms with Crippen LogP contribution in [0.3, 0.4) is 0 Å². The third kappa shape index (κ3) is 5.18. The minimum atomic E-state index is -4.33. The molecule has 0 saturated heterocycles. The molecule has 3 rings (SSSR count). The highest BCUT2D eigenvalue weighted by Crippen LogP contribution is 2.32. The van der Waals surface area contributed by atoms with E-state index in [1.54, 1.807) is 0 Å². The van der Waals surface area contributed by atoms with Gasteiger partial charge in [-0.05, 0) is 48.6 Å². The molecule has 3 nitrogen and oxygen atoms in total. The molecule has 0 heterocycles. The average molecular weight is 405 g/mol. The van der Waals surface area contributed by atoms with E-state index in [0.717, 1.165) is 60.9 Å². The van der Waals surface area contributed by atoms with Crippen molar-refractivity contribution in [3.05, 3.63) is 59.7 Å². The van der Waals surface area contributed by atoms with Crippen LogP contribution in [0.4, 0.5) is 13.2 Å². The molecule has 2 aromatic carbocycles. The van der Waals surface area contributed by atoms with Crippen LogP contribution in [0.25, 0.3) is 11.1 Å². The fraction of sp³-hybridized carbons (Fsp3) is 0.435. The fourth-order valence-electron chi connectivity index (χ4n) is 3.82. The summed E-state index contributed by atoms with van der Waals surface area (Å²) in [6.07, 6.45) is 0.342. The van der Waals surface area contributed by atoms with Gasteiger partial charge < -0.3 is 4.74 Å². The largest absolute Gasteiger partial charge is 0.465 e. The van der Waals surface area contributed by atoms with Crippen LogP contribution in [0.1, 0.15) is 50.2 Å². The number of hydrogen-bond donors (Lipinski definition) is 1. The third-order valence-electron chi connectivity index (χ3n) is 5.50. The van der Waals surface area contributed by atoms with Crippen molar-refractivity contribution in [2.24, 2.45) is 0 Å². The van der Waals surface area contributed by atoms with Crippen molar-refractivity contribution in [1.82, 2.24) is 5.32 Å². The summed E-state index contributed by atoms with van der Waals surface area (Å²) in [5.74, 6) is -0.180. The van der Waals surface area contributed by atoms with Gasteiger partial charge in [0.25, 0.3) is 0 Å². The summed E-state index contributed by atoms with van der Waals surface area (Å²) in [5, 5.41) is 3.42. The molecular weight excluding hydrogens is 379 g/mol. The molecule has 156 valence electrons. The Balaban J connectivity index is 1.67. The number of benzene rings is 2. The van der Waals surface area contributed by atoms with Gasteiger partial charge in [0.15, 0.2) is 0 Å². The lowest BCUT2D eigenvalue weighted by molar-refractivity contribution is -0.153. The number of hydrogen-bond acceptors (Lipinski definition) is 3. The van der Waals surface area contributed by atoms with Gasteiger partial charge >= 0.3 is 12.1 Å². The summed E-state index contributed by atoms with van der Waals surface area (Å²) < 4.78 is 43.4. The zero-order valence-electron chi connectivity index (χ0n) is 16.5. The molecule has 0 spiro atoms. The summed E-state index contributed by atoms with van der Waals surface area (Å²) in [5.41, 5.74) is 1.31. The van der Waals surface area contributed by atoms with E-state index in [1.807, 2.05) is 31.2 Å². The molecule has 0 amide bonds. The Morgan fingerprint density at radius 1 is 0.966 bits per heavy atom. The number of rotatable bonds is 6. The minimum absolute atomic E-state index is 0.180. The Hall–Kier alpha value is -2.34. The maximum atomic E-state index is 12.7. The van der Waals surface area contributed by atoms with Gasteiger partial charge in [-0.1, -0.05) is 55.7 Å². The van der Waals surface area contributed by atoms with Crippen molar-refractivity contribution in [1.29, 1.82) is 0 Å². The van der Waals surface area contributed by atoms with Crippen LogP contribution in [-0.2, 0) is 22.3 Å². The molecule has 0 aliphatic heterocycles. The van der Waals surface area contributed by atoms with E-state index in [9.17, 15) is 18.0 Å². The molecule has 1 aliphatic rings. The van der Waals surface area contributed by atoms with Gasteiger partial charge in [-0.25, -0.2) is 0 Å². The van der Waals surface area contributed by atoms with E-state index in [1.165, 1.54) is 12.1 Å². The highest BCUT2D eigenvalue weighted by molar-refractivity contribution is 5.81. The highest BCUT2D eigenvalue weighted by atomic mass is 19.4. The molecular formula is C23H26F3NO2. The lowest BCUT2D eigenvalue weighted by Gasteiger charge is -2.35. The number of carbonyl (C=O) groups excluding carboxylic acids is 1. The van der Waals surface area contributed by atoms with Gasteiger partial charge in [0.05, 0.1) is 12.2 Å². The Morgan fingerprint density at radius 3 is 2.03 bits per heavy atom. The van der Waals surface area contributed by atoms with Crippen molar-refractivity contribution >= 4 is 5.97 Å². The predicted octanol–water partition coefficient (Wildman–Crippen LogP) is 5.73. The highest BCUT2D eigenvalue weighted by Gasteiger charge is 2.40. The van der Waals surface area contributed by atoms with Crippen LogP contribution in [0.5, 0.6) is 0 Å². The number of nitrogens with one attached hydrogen (secondary N) is 1. The number of ether oxygens (including phenoxy) is 1. The Morgan fingerprint density at radius 2 is 1.52 bits per heavy atom. The number of halogens is 3. The van der Waals surface area contributed by atoms with E-state index in [0.29, 0.717) is 13.2 Å². The first-order valence-corrected chi connectivity index (χ1v) is 10.0. The molecule has 6 heteroatoms. The Bertz CT molecular complexity index is 808. The zero-order chi connectivity index (χ0) is 20.9. The van der Waals surface area contributed by atoms with Crippen molar-refractivity contribution < 1.29 is 22.7 Å². The van der Waals surface area contributed by atoms with Crippen LogP contribution in [0, 0.1) is 0 Å². The van der Waals surface area contributed by atoms with Gasteiger partial charge in [-0.3, -0.25) is 10.1 Å². The molecule has 0 unspecified atom stereocenters. The maximum Gasteiger partial charge on any atom is 0.416 e. The molecule has 1 aliphatic carbocycles. The van der Waals surface area contributed by atoms with Crippen LogP contribution in [0.2, 0.25) is 0 Å². The second-order valence-electron chi connectivity index (χ2n) is 7.49. The molecule has 2 aromatic rings. The third-order valence-corrected chi connectivity index (χ3v) is 5.50. The molecule has 0 aromatic heterocycles. The molecule has 29 heavy (non-hydrogen) atoms. The standard InChI is InChI=1S/C23H26F3NO2/c1-2-29-21(28)22(14-4-3-5-15-22)27-16-17-6-8-18(9-7-17)19-10-12-20(13-11-19)23(24,25)26/h6-13,27H,2-5,14-16H2,1H3. The van der Waals surface area contributed by atoms with Crippen molar-refractivity contribution in [2.45, 2.75) is 57.3 Å². The van der Waals surface area contributed by atoms with E-state index < -0.39 is 17.3 Å². The lowest BCUT2D eigenvalue weighted by Crippen LogP contribution is -2.53. The summed E-state index contributed by atoms with van der Waals surface area (Å²) >= 11 is 0. The first-order valence-electron chi connectivity index (χ1n) is 10.0. The first kappa shape index (κ1) is 21.4. The smallest absolute Gasteiger partial charge is 0.416 e. The van der Waals surface area contributed by atoms with E-state index >= 15 is 0 Å². The fourth-order valence-corrected chi connectivity index (χ4v) is 3.82. The van der Waals surface area contributed by atoms with Gasteiger partial charge in [0.1, 0.15) is 5.54 Å². The quantitative estimate of drug-likeness (QED) is 0.624. The lowest BCUT2D eigenvalue weighted by atomic mass is 9.81. The molecule has 0 radical (unpaired) electrons. The number of esters is 1. The van der Waals surface area contributed by atoms with Crippen LogP contribution in [-0.4, -0.2) is 18.1 Å². The van der Waals surface area contributed by atoms with Gasteiger partial charge in [-0.2, -0.15) is 13.2 Å². The topological polar surface area (TPSA) is 38.3 Å². The second kappa shape index (κ2) is 8.99. The maximum absolute atomic E-state index is 12.7. The van der Waals surface area contributed by atoms with Crippen molar-refractivity contribution in [3.8, 4) is 11.1 Å². The van der Waals surface area contributed by atoms with Crippen molar-refractivity contribution in [2.75, 3.05) is 6.61 Å². The average Bonchev–Trinajstić information content (AvgIpc) is 2.73. The minimum Gasteiger partial charge on any atom is -0.465 e. The monoisotopic (exact) mass is 405 g/mol. The van der Waals surface area contributed by atoms with Gasteiger partial charge in [-0.15, -0.1) is 0 Å². The van der Waals surface area contributed by atoms with E-state index in [-0.39, 0.29) is 5.97 Å². The normalized spacial score (nSPS) is 16.4. The summed E-state index contributed by atoms with van der Waals surface area (Å²) in [4.78, 5) is 12.5. The molecule has 1 fully saturated rings. The number of carbonyl (C=O) groups is 1. The molecule has 1 saturated carbocycles. The van der Waals surface area contributed by atoms with E-state index in [2.05, 4.69) is 5.32 Å². The molecule has 0 bridgehead atoms. The summed E-state index contributed by atoms with van der Waals surface area (Å²) in [7, 11) is 0. The van der Waals surface area contributed by atoms with Crippen LogP contribution >= 0.6 is 0 Å². The SMILES string of the molecule is CCOC(=O)C1(NCc2ccc(-c3ccc(C(F)(F)F)cc3)cc2)CCCCC1. The Labute approximate surface area is 169 Å². The van der Waals surface area contributed by atoms with Crippen LogP contribution < -0.4 is 5.32 Å². The Kier molecular flexibility index (Phi) is 6.63. The molecule has 0 atom stereocenters. The second-order valence-corrected chi connectivity index (χ2v) is 7.49. The van der Waals surface area contributed by atoms with Gasteiger partial charge in [0.2, 0.25) is 0 Å². The zero-order valence-corrected chi connectivity index (χ0v) is 16.5. The first-order chi connectivity index (χ1) is 13.8. The van der Waals surface area contributed by atoms with Crippen molar-refractivity contribution in [3.63, 3.8) is 0 Å². The predicted molar refractivity (Wildman–Crippen MR) is 106 cm³/mol. The summed E-state index contributed by atoms with van der Waals surface area (Å²) in [6, 6.07) is 12.8. The van der Waals surface area contributed by atoms with E-state index in [4.69, 9.17) is 4.74 Å². The molecule has 1 N–H and O–H groups in total. The summed E-state index contributed by atoms with van der Waals surface area (Å²) in [6.45, 7) is 2.71. The number of alkyl halides is 3.